The highest BCUT2D eigenvalue weighted by atomic mass is 35.5. The van der Waals surface area contributed by atoms with Gasteiger partial charge in [0.1, 0.15) is 13.2 Å². The molecule has 4 rings (SSSR count). The number of morpholine rings is 1. The fourth-order valence-electron chi connectivity index (χ4n) is 4.72. The second kappa shape index (κ2) is 9.11. The monoisotopic (exact) mass is 422 g/mol. The summed E-state index contributed by atoms with van der Waals surface area (Å²) in [5, 5.41) is 0.512. The molecular weight excluding hydrogens is 392 g/mol. The summed E-state index contributed by atoms with van der Waals surface area (Å²) in [5.74, 6) is 2.03. The van der Waals surface area contributed by atoms with E-state index in [1.54, 1.807) is 0 Å². The first kappa shape index (κ1) is 20.8. The van der Waals surface area contributed by atoms with Gasteiger partial charge in [0.25, 0.3) is 0 Å². The Kier molecular flexibility index (Phi) is 6.52. The van der Waals surface area contributed by atoms with Gasteiger partial charge in [0.15, 0.2) is 11.5 Å². The van der Waals surface area contributed by atoms with Crippen molar-refractivity contribution in [2.75, 3.05) is 45.9 Å². The molecule has 0 spiro atoms. The summed E-state index contributed by atoms with van der Waals surface area (Å²) in [6, 6.07) is 3.70. The van der Waals surface area contributed by atoms with Crippen LogP contribution in [0.3, 0.4) is 0 Å². The van der Waals surface area contributed by atoms with Crippen LogP contribution < -0.4 is 9.47 Å². The minimum absolute atomic E-state index is 0.157. The summed E-state index contributed by atoms with van der Waals surface area (Å²) in [6.45, 7) is 10.1. The van der Waals surface area contributed by atoms with Crippen LogP contribution in [0.2, 0.25) is 5.02 Å². The van der Waals surface area contributed by atoms with Gasteiger partial charge in [-0.25, -0.2) is 0 Å². The van der Waals surface area contributed by atoms with E-state index in [1.165, 1.54) is 0 Å². The molecular formula is C22H31ClN2O4. The first-order valence-corrected chi connectivity index (χ1v) is 11.1. The first-order chi connectivity index (χ1) is 14.0. The van der Waals surface area contributed by atoms with E-state index >= 15 is 0 Å². The zero-order valence-electron chi connectivity index (χ0n) is 17.4. The number of nitrogens with zero attached hydrogens (tertiary/aromatic N) is 2. The van der Waals surface area contributed by atoms with E-state index in [-0.39, 0.29) is 5.91 Å². The van der Waals surface area contributed by atoms with Crippen LogP contribution in [0.4, 0.5) is 0 Å². The van der Waals surface area contributed by atoms with E-state index in [0.29, 0.717) is 54.3 Å². The summed E-state index contributed by atoms with van der Waals surface area (Å²) in [7, 11) is 0. The molecule has 0 aliphatic carbocycles. The number of carbonyl (C=O) groups is 1. The van der Waals surface area contributed by atoms with Crippen molar-refractivity contribution in [3.8, 4) is 11.5 Å². The third-order valence-corrected chi connectivity index (χ3v) is 6.27. The molecule has 1 aromatic carbocycles. The Morgan fingerprint density at radius 1 is 1.10 bits per heavy atom. The maximum absolute atomic E-state index is 12.8. The number of rotatable bonds is 4. The van der Waals surface area contributed by atoms with Crippen LogP contribution in [0.15, 0.2) is 12.1 Å². The van der Waals surface area contributed by atoms with Crippen LogP contribution in [0.1, 0.15) is 32.3 Å². The number of fused-ring (bicyclic) bond motifs is 1. The molecule has 0 saturated carbocycles. The molecule has 2 unspecified atom stereocenters. The lowest BCUT2D eigenvalue weighted by molar-refractivity contribution is -0.132. The van der Waals surface area contributed by atoms with Gasteiger partial charge in [-0.1, -0.05) is 11.6 Å². The Morgan fingerprint density at radius 2 is 1.79 bits per heavy atom. The molecule has 6 nitrogen and oxygen atoms in total. The summed E-state index contributed by atoms with van der Waals surface area (Å²) < 4.78 is 17.0. The number of piperidine rings is 1. The molecule has 2 fully saturated rings. The molecule has 0 aromatic heterocycles. The minimum atomic E-state index is 0.157. The van der Waals surface area contributed by atoms with Crippen molar-refractivity contribution >= 4 is 17.5 Å². The van der Waals surface area contributed by atoms with E-state index in [9.17, 15) is 4.79 Å². The molecule has 160 valence electrons. The molecule has 3 heterocycles. The summed E-state index contributed by atoms with van der Waals surface area (Å²) in [4.78, 5) is 17.3. The van der Waals surface area contributed by atoms with Crippen molar-refractivity contribution < 1.29 is 19.0 Å². The Balaban J connectivity index is 1.28. The summed E-state index contributed by atoms with van der Waals surface area (Å²) in [6.07, 6.45) is 3.08. The lowest BCUT2D eigenvalue weighted by Gasteiger charge is -2.39. The van der Waals surface area contributed by atoms with Crippen molar-refractivity contribution in [3.05, 3.63) is 22.7 Å². The van der Waals surface area contributed by atoms with Gasteiger partial charge < -0.3 is 19.1 Å². The van der Waals surface area contributed by atoms with E-state index in [0.717, 1.165) is 51.1 Å². The zero-order valence-corrected chi connectivity index (χ0v) is 18.1. The maximum Gasteiger partial charge on any atom is 0.226 e. The lowest BCUT2D eigenvalue weighted by atomic mass is 9.95. The maximum atomic E-state index is 12.8. The van der Waals surface area contributed by atoms with Crippen LogP contribution in [-0.2, 0) is 16.0 Å². The van der Waals surface area contributed by atoms with Crippen molar-refractivity contribution in [2.45, 2.75) is 45.3 Å². The van der Waals surface area contributed by atoms with Crippen LogP contribution in [0, 0.1) is 5.92 Å². The van der Waals surface area contributed by atoms with Crippen molar-refractivity contribution in [1.29, 1.82) is 0 Å². The number of hydrogen-bond acceptors (Lipinski definition) is 5. The highest BCUT2D eigenvalue weighted by Crippen LogP contribution is 2.38. The van der Waals surface area contributed by atoms with Crippen LogP contribution in [0.25, 0.3) is 0 Å². The molecule has 2 atom stereocenters. The third-order valence-electron chi connectivity index (χ3n) is 5.99. The molecule has 0 N–H and O–H groups in total. The van der Waals surface area contributed by atoms with Gasteiger partial charge in [-0.3, -0.25) is 9.69 Å². The number of ether oxygens (including phenoxy) is 3. The molecule has 0 radical (unpaired) electrons. The van der Waals surface area contributed by atoms with Crippen molar-refractivity contribution in [2.24, 2.45) is 5.92 Å². The van der Waals surface area contributed by atoms with E-state index in [2.05, 4.69) is 18.7 Å². The molecule has 3 aliphatic rings. The fraction of sp³-hybridized carbons (Fsp3) is 0.682. The predicted molar refractivity (Wildman–Crippen MR) is 112 cm³/mol. The normalized spacial score (nSPS) is 25.8. The van der Waals surface area contributed by atoms with Crippen LogP contribution >= 0.6 is 11.6 Å². The van der Waals surface area contributed by atoms with Gasteiger partial charge in [-0.15, -0.1) is 0 Å². The highest BCUT2D eigenvalue weighted by Gasteiger charge is 2.28. The summed E-state index contributed by atoms with van der Waals surface area (Å²) in [5.41, 5.74) is 0.877. The molecule has 7 heteroatoms. The average molecular weight is 423 g/mol. The molecule has 0 bridgehead atoms. The predicted octanol–water partition coefficient (Wildman–Crippen LogP) is 3.00. The molecule has 3 aliphatic heterocycles. The van der Waals surface area contributed by atoms with Crippen LogP contribution in [-0.4, -0.2) is 73.9 Å². The number of hydrogen-bond donors (Lipinski definition) is 0. The van der Waals surface area contributed by atoms with Gasteiger partial charge in [-0.05, 0) is 50.3 Å². The Labute approximate surface area is 178 Å². The number of benzene rings is 1. The topological polar surface area (TPSA) is 51.2 Å². The quantitative estimate of drug-likeness (QED) is 0.746. The summed E-state index contributed by atoms with van der Waals surface area (Å²) >= 11 is 6.31. The van der Waals surface area contributed by atoms with Crippen molar-refractivity contribution in [3.63, 3.8) is 0 Å². The van der Waals surface area contributed by atoms with Gasteiger partial charge >= 0.3 is 0 Å². The minimum Gasteiger partial charge on any atom is -0.486 e. The van der Waals surface area contributed by atoms with Gasteiger partial charge in [-0.2, -0.15) is 0 Å². The standard InChI is InChI=1S/C22H31ClN2O4/c1-15-12-24(13-16(2)29-15)14-17-3-5-25(6-4-17)21(26)11-18-9-19(23)22-20(10-18)27-7-8-28-22/h9-10,15-17H,3-8,11-14H2,1-2H3. The number of carbonyl (C=O) groups excluding carboxylic acids is 1. The Bertz CT molecular complexity index is 726. The first-order valence-electron chi connectivity index (χ1n) is 10.7. The van der Waals surface area contributed by atoms with Gasteiger partial charge in [0.2, 0.25) is 5.91 Å². The molecule has 2 saturated heterocycles. The second-order valence-corrected chi connectivity index (χ2v) is 8.99. The SMILES string of the molecule is CC1CN(CC2CCN(C(=O)Cc3cc(Cl)c4c(c3)OCCO4)CC2)CC(C)O1. The fourth-order valence-corrected chi connectivity index (χ4v) is 5.00. The largest absolute Gasteiger partial charge is 0.486 e. The Morgan fingerprint density at radius 3 is 2.52 bits per heavy atom. The molecule has 1 amide bonds. The lowest BCUT2D eigenvalue weighted by Crippen LogP contribution is -2.48. The van der Waals surface area contributed by atoms with Gasteiger partial charge in [0, 0.05) is 32.7 Å². The molecule has 29 heavy (non-hydrogen) atoms. The van der Waals surface area contributed by atoms with Crippen LogP contribution in [0.5, 0.6) is 11.5 Å². The third kappa shape index (κ3) is 5.16. The smallest absolute Gasteiger partial charge is 0.226 e. The van der Waals surface area contributed by atoms with Crippen molar-refractivity contribution in [1.82, 2.24) is 9.80 Å². The molecule has 1 aromatic rings. The highest BCUT2D eigenvalue weighted by molar-refractivity contribution is 6.32. The van der Waals surface area contributed by atoms with E-state index in [4.69, 9.17) is 25.8 Å². The second-order valence-electron chi connectivity index (χ2n) is 8.58. The van der Waals surface area contributed by atoms with E-state index in [1.807, 2.05) is 17.0 Å². The number of amides is 1. The van der Waals surface area contributed by atoms with Gasteiger partial charge in [0.05, 0.1) is 23.7 Å². The zero-order chi connectivity index (χ0) is 20.4. The number of likely N-dealkylation sites (tertiary alicyclic amines) is 1. The Hall–Kier alpha value is -1.50. The average Bonchev–Trinajstić information content (AvgIpc) is 2.68. The number of halogens is 1. The van der Waals surface area contributed by atoms with E-state index < -0.39 is 0 Å².